The fourth-order valence-corrected chi connectivity index (χ4v) is 7.59. The van der Waals surface area contributed by atoms with E-state index in [1.165, 1.54) is 0 Å². The van der Waals surface area contributed by atoms with E-state index in [4.69, 9.17) is 4.74 Å². The van der Waals surface area contributed by atoms with Crippen LogP contribution in [0.4, 0.5) is 0 Å². The van der Waals surface area contributed by atoms with E-state index in [0.717, 1.165) is 12.8 Å². The smallest absolute Gasteiger partial charge is 0.310 e. The van der Waals surface area contributed by atoms with Crippen LogP contribution in [0.2, 0.25) is 0 Å². The Kier molecular flexibility index (Phi) is 6.58. The summed E-state index contributed by atoms with van der Waals surface area (Å²) in [6.07, 6.45) is 3.63. The van der Waals surface area contributed by atoms with Gasteiger partial charge in [0.1, 0.15) is 6.04 Å². The Morgan fingerprint density at radius 3 is 2.70 bits per heavy atom. The minimum atomic E-state index is -0.643. The van der Waals surface area contributed by atoms with Gasteiger partial charge in [0, 0.05) is 30.5 Å². The van der Waals surface area contributed by atoms with E-state index >= 15 is 0 Å². The number of thioether (sulfide) groups is 1. The summed E-state index contributed by atoms with van der Waals surface area (Å²) in [5.41, 5.74) is -0.437. The highest BCUT2D eigenvalue weighted by atomic mass is 32.2. The minimum Gasteiger partial charge on any atom is -0.466 e. The Morgan fingerprint density at radius 1 is 1.43 bits per heavy atom. The van der Waals surface area contributed by atoms with E-state index < -0.39 is 28.2 Å². The van der Waals surface area contributed by atoms with Crippen molar-refractivity contribution in [3.05, 3.63) is 12.7 Å². The number of amides is 2. The number of ether oxygens (including phenoxy) is 1. The molecule has 168 valence electrons. The monoisotopic (exact) mass is 438 g/mol. The van der Waals surface area contributed by atoms with Gasteiger partial charge < -0.3 is 19.6 Å². The maximum atomic E-state index is 13.9. The number of nitrogens with zero attached hydrogens (tertiary/aromatic N) is 2. The molecule has 0 saturated carbocycles. The molecule has 3 heterocycles. The zero-order valence-electron chi connectivity index (χ0n) is 18.4. The number of rotatable bonds is 8. The first-order chi connectivity index (χ1) is 14.1. The van der Waals surface area contributed by atoms with Crippen LogP contribution < -0.4 is 0 Å². The highest BCUT2D eigenvalue weighted by molar-refractivity contribution is 8.02. The normalized spacial score (nSPS) is 32.3. The molecule has 8 heteroatoms. The van der Waals surface area contributed by atoms with Crippen LogP contribution in [0.1, 0.15) is 47.0 Å². The number of carbonyl (C=O) groups excluding carboxylic acids is 3. The number of aliphatic hydroxyl groups excluding tert-OH is 1. The average molecular weight is 439 g/mol. The largest absolute Gasteiger partial charge is 0.466 e. The van der Waals surface area contributed by atoms with Crippen LogP contribution in [-0.2, 0) is 19.1 Å². The average Bonchev–Trinajstić information content (AvgIpc) is 3.30. The maximum absolute atomic E-state index is 13.9. The topological polar surface area (TPSA) is 87.2 Å². The molecule has 30 heavy (non-hydrogen) atoms. The van der Waals surface area contributed by atoms with E-state index in [0.29, 0.717) is 19.5 Å². The van der Waals surface area contributed by atoms with Gasteiger partial charge in [-0.3, -0.25) is 14.4 Å². The first-order valence-corrected chi connectivity index (χ1v) is 11.7. The molecule has 2 amide bonds. The Bertz CT molecular complexity index is 721. The van der Waals surface area contributed by atoms with Crippen molar-refractivity contribution in [3.8, 4) is 0 Å². The molecule has 1 spiro atoms. The second kappa shape index (κ2) is 8.54. The van der Waals surface area contributed by atoms with E-state index in [-0.39, 0.29) is 36.2 Å². The van der Waals surface area contributed by atoms with Gasteiger partial charge in [-0.1, -0.05) is 6.08 Å². The third-order valence-corrected chi connectivity index (χ3v) is 8.49. The van der Waals surface area contributed by atoms with Crippen LogP contribution in [0.3, 0.4) is 0 Å². The van der Waals surface area contributed by atoms with Crippen molar-refractivity contribution in [3.63, 3.8) is 0 Å². The highest BCUT2D eigenvalue weighted by Gasteiger charge is 2.74. The van der Waals surface area contributed by atoms with Crippen molar-refractivity contribution in [2.45, 2.75) is 68.5 Å². The molecular formula is C22H34N2O5S. The van der Waals surface area contributed by atoms with Crippen LogP contribution in [-0.4, -0.2) is 80.6 Å². The Balaban J connectivity index is 2.04. The minimum absolute atomic E-state index is 0.00998. The van der Waals surface area contributed by atoms with Crippen LogP contribution in [0, 0.1) is 11.8 Å². The van der Waals surface area contributed by atoms with E-state index in [1.807, 2.05) is 20.8 Å². The zero-order valence-corrected chi connectivity index (χ0v) is 19.2. The van der Waals surface area contributed by atoms with Crippen molar-refractivity contribution in [2.24, 2.45) is 11.8 Å². The number of likely N-dealkylation sites (tertiary alicyclic amines) is 1. The fraction of sp³-hybridized carbons (Fsp3) is 0.773. The van der Waals surface area contributed by atoms with Gasteiger partial charge in [-0.25, -0.2) is 0 Å². The molecule has 3 aliphatic heterocycles. The molecule has 0 aromatic heterocycles. The summed E-state index contributed by atoms with van der Waals surface area (Å²) in [6, 6.07) is -0.643. The third-order valence-electron chi connectivity index (χ3n) is 6.54. The van der Waals surface area contributed by atoms with Gasteiger partial charge in [0.25, 0.3) is 0 Å². The lowest BCUT2D eigenvalue weighted by molar-refractivity contribution is -0.153. The van der Waals surface area contributed by atoms with Gasteiger partial charge in [0.15, 0.2) is 0 Å². The Morgan fingerprint density at radius 2 is 2.13 bits per heavy atom. The van der Waals surface area contributed by atoms with Gasteiger partial charge in [0.2, 0.25) is 11.8 Å². The van der Waals surface area contributed by atoms with Gasteiger partial charge in [-0.2, -0.15) is 0 Å². The lowest BCUT2D eigenvalue weighted by Crippen LogP contribution is -2.58. The molecule has 3 fully saturated rings. The molecule has 7 nitrogen and oxygen atoms in total. The number of esters is 1. The fourth-order valence-electron chi connectivity index (χ4n) is 5.39. The van der Waals surface area contributed by atoms with Crippen molar-refractivity contribution in [1.29, 1.82) is 0 Å². The maximum Gasteiger partial charge on any atom is 0.310 e. The van der Waals surface area contributed by atoms with Gasteiger partial charge in [-0.15, -0.1) is 18.3 Å². The molecule has 0 aliphatic carbocycles. The summed E-state index contributed by atoms with van der Waals surface area (Å²) in [4.78, 5) is 43.7. The molecule has 5 atom stereocenters. The van der Waals surface area contributed by atoms with Crippen molar-refractivity contribution in [2.75, 3.05) is 26.3 Å². The van der Waals surface area contributed by atoms with Gasteiger partial charge >= 0.3 is 5.97 Å². The predicted octanol–water partition coefficient (Wildman–Crippen LogP) is 1.84. The lowest BCUT2D eigenvalue weighted by atomic mass is 9.71. The molecule has 0 radical (unpaired) electrons. The molecule has 3 rings (SSSR count). The molecule has 2 bridgehead atoms. The third kappa shape index (κ3) is 3.55. The number of hydrogen-bond acceptors (Lipinski definition) is 6. The van der Waals surface area contributed by atoms with E-state index in [1.54, 1.807) is 34.6 Å². The number of carbonyl (C=O) groups is 3. The lowest BCUT2D eigenvalue weighted by Gasteiger charge is -2.42. The molecular weight excluding hydrogens is 404 g/mol. The van der Waals surface area contributed by atoms with Crippen molar-refractivity contribution in [1.82, 2.24) is 9.80 Å². The van der Waals surface area contributed by atoms with E-state index in [9.17, 15) is 19.5 Å². The standard InChI is InChI=1S/C22H34N2O5S/c1-6-11-24(21(3,4)5)19(27)17-22-10-9-14(30-22)15(20(28)29-7-2)16(22)18(26)23(17)12-8-13-25/h6,14-17,25H,1,7-13H2,2-5H3/t14-,15+,16-,17?,22?/m0/s1. The first-order valence-electron chi connectivity index (χ1n) is 10.8. The summed E-state index contributed by atoms with van der Waals surface area (Å²) in [5, 5.41) is 9.39. The van der Waals surface area contributed by atoms with E-state index in [2.05, 4.69) is 6.58 Å². The summed E-state index contributed by atoms with van der Waals surface area (Å²) in [7, 11) is 0. The van der Waals surface area contributed by atoms with Crippen LogP contribution in [0.15, 0.2) is 12.7 Å². The number of fused-ring (bicyclic) bond motifs is 1. The van der Waals surface area contributed by atoms with Crippen LogP contribution in [0.25, 0.3) is 0 Å². The molecule has 1 N–H and O–H groups in total. The molecule has 0 aromatic rings. The van der Waals surface area contributed by atoms with Crippen molar-refractivity contribution < 1.29 is 24.2 Å². The Hall–Kier alpha value is -1.54. The number of hydrogen-bond donors (Lipinski definition) is 1. The SMILES string of the molecule is C=CCN(C(=O)C1N(CCCO)C(=O)[C@@H]2[C@H](C(=O)OCC)[C@@H]3CCC12S3)C(C)(C)C. The zero-order chi connectivity index (χ0) is 22.3. The highest BCUT2D eigenvalue weighted by Crippen LogP contribution is 2.66. The van der Waals surface area contributed by atoms with Gasteiger partial charge in [-0.05, 0) is 47.0 Å². The second-order valence-electron chi connectivity index (χ2n) is 9.33. The molecule has 0 aromatic carbocycles. The predicted molar refractivity (Wildman–Crippen MR) is 116 cm³/mol. The number of aliphatic hydroxyl groups is 1. The van der Waals surface area contributed by atoms with Crippen molar-refractivity contribution >= 4 is 29.5 Å². The summed E-state index contributed by atoms with van der Waals surface area (Å²) < 4.78 is 4.70. The molecule has 2 unspecified atom stereocenters. The molecule has 3 saturated heterocycles. The summed E-state index contributed by atoms with van der Waals surface area (Å²) in [6.45, 7) is 12.4. The summed E-state index contributed by atoms with van der Waals surface area (Å²) in [5.74, 6) is -1.63. The molecule has 3 aliphatic rings. The van der Waals surface area contributed by atoms with Gasteiger partial charge in [0.05, 0.1) is 23.2 Å². The van der Waals surface area contributed by atoms with Crippen LogP contribution >= 0.6 is 11.8 Å². The summed E-state index contributed by atoms with van der Waals surface area (Å²) >= 11 is 1.64. The second-order valence-corrected chi connectivity index (χ2v) is 10.9. The quantitative estimate of drug-likeness (QED) is 0.460. The van der Waals surface area contributed by atoms with Crippen LogP contribution in [0.5, 0.6) is 0 Å². The Labute approximate surface area is 183 Å². The first kappa shape index (κ1) is 23.1.